The number of nitriles is 1. The summed E-state index contributed by atoms with van der Waals surface area (Å²) in [5.74, 6) is 0.160. The minimum Gasteiger partial charge on any atom is -0.386 e. The van der Waals surface area contributed by atoms with Crippen LogP contribution >= 0.6 is 15.9 Å². The van der Waals surface area contributed by atoms with Crippen LogP contribution in [0.25, 0.3) is 5.69 Å². The second-order valence-corrected chi connectivity index (χ2v) is 7.04. The number of fused-ring (bicyclic) bond motifs is 1. The van der Waals surface area contributed by atoms with Crippen LogP contribution in [0.3, 0.4) is 0 Å². The van der Waals surface area contributed by atoms with Gasteiger partial charge in [-0.2, -0.15) is 11.3 Å². The normalized spacial score (nSPS) is 15.6. The summed E-state index contributed by atoms with van der Waals surface area (Å²) in [4.78, 5) is 12.2. The molecular weight excluding hydrogens is 417 g/mol. The molecule has 109 valence electrons. The van der Waals surface area contributed by atoms with E-state index in [0.29, 0.717) is 17.5 Å². The Morgan fingerprint density at radius 1 is 1.36 bits per heavy atom. The topological polar surface area (TPSA) is 45.8 Å². The standard InChI is InChI=1S/C17H14BrN2O.Y/c1-17(2)8-15-13(16(21)9-17)5-6-20(15)12-4-3-11(10-19)14(18)7-12;/h3-4,6-7H,8-9H2,1-2H3;/q-1;. The fourth-order valence-electron chi connectivity index (χ4n) is 2.84. The molecular formula is C17H14BrN2OY-. The number of hydrogen-bond donors (Lipinski definition) is 0. The van der Waals surface area contributed by atoms with Crippen molar-refractivity contribution >= 4 is 21.7 Å². The predicted octanol–water partition coefficient (Wildman–Crippen LogP) is 4.06. The van der Waals surface area contributed by atoms with Gasteiger partial charge in [0, 0.05) is 42.9 Å². The molecule has 0 atom stereocenters. The smallest absolute Gasteiger partial charge is 0.100 e. The van der Waals surface area contributed by atoms with Gasteiger partial charge >= 0.3 is 0 Å². The molecule has 22 heavy (non-hydrogen) atoms. The first-order valence-electron chi connectivity index (χ1n) is 6.76. The van der Waals surface area contributed by atoms with Gasteiger partial charge in [0.25, 0.3) is 0 Å². The van der Waals surface area contributed by atoms with E-state index >= 15 is 0 Å². The number of carbonyl (C=O) groups is 1. The molecule has 1 aromatic heterocycles. The van der Waals surface area contributed by atoms with Gasteiger partial charge in [-0.3, -0.25) is 0 Å². The Bertz CT molecular complexity index is 786. The number of Topliss-reactive ketones (excluding diaryl/α,β-unsaturated/α-hetero) is 1. The van der Waals surface area contributed by atoms with Crippen molar-refractivity contribution in [3.05, 3.63) is 51.8 Å². The SMILES string of the molecule is CC1(C)CC(=O)c2[c-]cn(-c3ccc(C#N)c(Br)c3)c2C1.[Y]. The van der Waals surface area contributed by atoms with Crippen LogP contribution in [0.1, 0.15) is 41.9 Å². The van der Waals surface area contributed by atoms with Crippen molar-refractivity contribution in [2.75, 3.05) is 0 Å². The van der Waals surface area contributed by atoms with Crippen LogP contribution in [-0.2, 0) is 39.1 Å². The summed E-state index contributed by atoms with van der Waals surface area (Å²) in [6, 6.07) is 10.8. The number of ketones is 1. The Balaban J connectivity index is 0.00000176. The first kappa shape index (κ1) is 17.6. The van der Waals surface area contributed by atoms with Gasteiger partial charge in [0.05, 0.1) is 11.3 Å². The molecule has 2 aromatic rings. The van der Waals surface area contributed by atoms with Crippen molar-refractivity contribution in [1.82, 2.24) is 4.57 Å². The van der Waals surface area contributed by atoms with Gasteiger partial charge in [0.15, 0.2) is 0 Å². The van der Waals surface area contributed by atoms with Crippen LogP contribution in [0.2, 0.25) is 0 Å². The van der Waals surface area contributed by atoms with Crippen molar-refractivity contribution in [3.8, 4) is 11.8 Å². The van der Waals surface area contributed by atoms with Gasteiger partial charge in [-0.15, -0.1) is 5.56 Å². The fourth-order valence-corrected chi connectivity index (χ4v) is 3.29. The van der Waals surface area contributed by atoms with E-state index in [1.165, 1.54) is 0 Å². The van der Waals surface area contributed by atoms with E-state index in [1.54, 1.807) is 6.07 Å². The predicted molar refractivity (Wildman–Crippen MR) is 83.5 cm³/mol. The molecule has 3 rings (SSSR count). The van der Waals surface area contributed by atoms with E-state index in [2.05, 4.69) is 41.9 Å². The maximum absolute atomic E-state index is 12.2. The summed E-state index contributed by atoms with van der Waals surface area (Å²) in [6.07, 6.45) is 3.23. The fraction of sp³-hybridized carbons (Fsp3) is 0.294. The summed E-state index contributed by atoms with van der Waals surface area (Å²) in [7, 11) is 0. The zero-order chi connectivity index (χ0) is 15.2. The first-order valence-corrected chi connectivity index (χ1v) is 7.56. The van der Waals surface area contributed by atoms with Gasteiger partial charge in [-0.1, -0.05) is 32.2 Å². The summed E-state index contributed by atoms with van der Waals surface area (Å²) >= 11 is 3.41. The third-order valence-electron chi connectivity index (χ3n) is 3.83. The van der Waals surface area contributed by atoms with Crippen molar-refractivity contribution in [2.45, 2.75) is 26.7 Å². The molecule has 3 nitrogen and oxygen atoms in total. The van der Waals surface area contributed by atoms with Crippen molar-refractivity contribution in [2.24, 2.45) is 5.41 Å². The largest absolute Gasteiger partial charge is 0.386 e. The van der Waals surface area contributed by atoms with Gasteiger partial charge < -0.3 is 9.36 Å². The second-order valence-electron chi connectivity index (χ2n) is 6.18. The van der Waals surface area contributed by atoms with Crippen LogP contribution in [-0.4, -0.2) is 10.4 Å². The molecule has 0 saturated heterocycles. The number of benzene rings is 1. The third-order valence-corrected chi connectivity index (χ3v) is 4.49. The van der Waals surface area contributed by atoms with Gasteiger partial charge in [0.2, 0.25) is 0 Å². The molecule has 0 aliphatic heterocycles. The Hall–Kier alpha value is -0.756. The summed E-state index contributed by atoms with van der Waals surface area (Å²) in [5, 5.41) is 9.00. The maximum atomic E-state index is 12.2. The monoisotopic (exact) mass is 430 g/mol. The number of carbonyl (C=O) groups excluding carboxylic acids is 1. The summed E-state index contributed by atoms with van der Waals surface area (Å²) < 4.78 is 2.76. The number of nitrogens with zero attached hydrogens (tertiary/aromatic N) is 2. The minimum absolute atomic E-state index is 0. The summed E-state index contributed by atoms with van der Waals surface area (Å²) in [5.41, 5.74) is 3.21. The maximum Gasteiger partial charge on any atom is 0.100 e. The summed E-state index contributed by atoms with van der Waals surface area (Å²) in [6.45, 7) is 4.22. The molecule has 0 saturated carbocycles. The van der Waals surface area contributed by atoms with Crippen LogP contribution in [0, 0.1) is 22.8 Å². The molecule has 0 spiro atoms. The number of aromatic nitrogens is 1. The Labute approximate surface area is 163 Å². The molecule has 1 aromatic carbocycles. The van der Waals surface area contributed by atoms with Crippen LogP contribution < -0.4 is 0 Å². The molecule has 1 aliphatic carbocycles. The number of hydrogen-bond acceptors (Lipinski definition) is 2. The molecule has 1 radical (unpaired) electrons. The molecule has 0 unspecified atom stereocenters. The van der Waals surface area contributed by atoms with Crippen LogP contribution in [0.4, 0.5) is 0 Å². The minimum atomic E-state index is -0.0299. The van der Waals surface area contributed by atoms with Crippen LogP contribution in [0.15, 0.2) is 28.9 Å². The average molecular weight is 431 g/mol. The van der Waals surface area contributed by atoms with Crippen molar-refractivity contribution < 1.29 is 37.5 Å². The first-order chi connectivity index (χ1) is 9.91. The van der Waals surface area contributed by atoms with E-state index < -0.39 is 0 Å². The Kier molecular flexibility index (Phi) is 5.11. The Morgan fingerprint density at radius 3 is 2.73 bits per heavy atom. The van der Waals surface area contributed by atoms with E-state index in [4.69, 9.17) is 5.26 Å². The Morgan fingerprint density at radius 2 is 2.09 bits per heavy atom. The molecule has 0 bridgehead atoms. The van der Waals surface area contributed by atoms with Gasteiger partial charge in [-0.25, -0.2) is 0 Å². The van der Waals surface area contributed by atoms with E-state index in [9.17, 15) is 4.79 Å². The van der Waals surface area contributed by atoms with Gasteiger partial charge in [-0.05, 0) is 46.0 Å². The molecule has 0 amide bonds. The molecule has 0 N–H and O–H groups in total. The quantitative estimate of drug-likeness (QED) is 0.640. The number of halogens is 1. The third kappa shape index (κ3) is 3.13. The zero-order valence-electron chi connectivity index (χ0n) is 12.5. The van der Waals surface area contributed by atoms with Crippen molar-refractivity contribution in [1.29, 1.82) is 5.26 Å². The molecule has 0 fully saturated rings. The van der Waals surface area contributed by atoms with Gasteiger partial charge in [0.1, 0.15) is 6.07 Å². The van der Waals surface area contributed by atoms with E-state index in [1.807, 2.05) is 22.9 Å². The average Bonchev–Trinajstić information content (AvgIpc) is 2.81. The molecule has 1 heterocycles. The van der Waals surface area contributed by atoms with E-state index in [-0.39, 0.29) is 43.9 Å². The van der Waals surface area contributed by atoms with Crippen LogP contribution in [0.5, 0.6) is 0 Å². The number of rotatable bonds is 1. The molecule has 1 aliphatic rings. The zero-order valence-corrected chi connectivity index (χ0v) is 16.9. The second kappa shape index (κ2) is 6.39. The van der Waals surface area contributed by atoms with Crippen molar-refractivity contribution in [3.63, 3.8) is 0 Å². The molecule has 5 heteroatoms. The van der Waals surface area contributed by atoms with E-state index in [0.717, 1.165) is 22.3 Å².